The second-order valence-electron chi connectivity index (χ2n) is 7.15. The Hall–Kier alpha value is -2.28. The minimum Gasteiger partial charge on any atom is -0.477 e. The largest absolute Gasteiger partial charge is 0.477 e. The number of hydrogen-bond donors (Lipinski definition) is 2. The SMILES string of the molecule is NC1CCC(c2nc3c(cc2F)c(=O)c(C(=O)O)cn3C2CC2)CC1. The summed E-state index contributed by atoms with van der Waals surface area (Å²) in [6.07, 6.45) is 6.38. The van der Waals surface area contributed by atoms with Crippen LogP contribution in [-0.4, -0.2) is 26.7 Å². The van der Waals surface area contributed by atoms with Crippen LogP contribution in [0.3, 0.4) is 0 Å². The van der Waals surface area contributed by atoms with Crippen molar-refractivity contribution in [3.05, 3.63) is 39.6 Å². The number of carbonyl (C=O) groups is 1. The van der Waals surface area contributed by atoms with E-state index in [0.717, 1.165) is 38.5 Å². The van der Waals surface area contributed by atoms with Crippen LogP contribution < -0.4 is 11.2 Å². The van der Waals surface area contributed by atoms with Crippen LogP contribution in [-0.2, 0) is 0 Å². The quantitative estimate of drug-likeness (QED) is 0.891. The van der Waals surface area contributed by atoms with Crippen LogP contribution in [0.2, 0.25) is 0 Å². The van der Waals surface area contributed by atoms with Crippen molar-refractivity contribution in [2.24, 2.45) is 5.73 Å². The van der Waals surface area contributed by atoms with Crippen LogP contribution in [0.4, 0.5) is 4.39 Å². The first kappa shape index (κ1) is 16.2. The van der Waals surface area contributed by atoms with Crippen molar-refractivity contribution >= 4 is 17.0 Å². The summed E-state index contributed by atoms with van der Waals surface area (Å²) in [6, 6.07) is 1.45. The molecule has 0 aromatic carbocycles. The van der Waals surface area contributed by atoms with Crippen molar-refractivity contribution in [1.29, 1.82) is 0 Å². The maximum absolute atomic E-state index is 14.7. The molecule has 6 nitrogen and oxygen atoms in total. The predicted molar refractivity (Wildman–Crippen MR) is 90.4 cm³/mol. The van der Waals surface area contributed by atoms with Gasteiger partial charge < -0.3 is 15.4 Å². The maximum atomic E-state index is 14.7. The summed E-state index contributed by atoms with van der Waals surface area (Å²) in [5, 5.41) is 9.31. The first-order valence-electron chi connectivity index (χ1n) is 8.70. The molecule has 3 N–H and O–H groups in total. The number of carboxylic acids is 1. The molecular formula is C18H20FN3O3. The van der Waals surface area contributed by atoms with Gasteiger partial charge in [0.05, 0.1) is 11.1 Å². The fourth-order valence-corrected chi connectivity index (χ4v) is 3.72. The molecule has 2 aliphatic rings. The third-order valence-electron chi connectivity index (χ3n) is 5.31. The van der Waals surface area contributed by atoms with Crippen molar-refractivity contribution in [2.45, 2.75) is 56.5 Å². The van der Waals surface area contributed by atoms with Crippen molar-refractivity contribution < 1.29 is 14.3 Å². The summed E-state index contributed by atoms with van der Waals surface area (Å²) >= 11 is 0. The lowest BCUT2D eigenvalue weighted by Gasteiger charge is -2.26. The van der Waals surface area contributed by atoms with Crippen LogP contribution in [0.5, 0.6) is 0 Å². The molecule has 7 heteroatoms. The van der Waals surface area contributed by atoms with E-state index in [1.54, 1.807) is 4.57 Å². The lowest BCUT2D eigenvalue weighted by molar-refractivity contribution is 0.0695. The van der Waals surface area contributed by atoms with Gasteiger partial charge in [0.15, 0.2) is 0 Å². The van der Waals surface area contributed by atoms with Gasteiger partial charge >= 0.3 is 5.97 Å². The molecule has 0 aliphatic heterocycles. The number of hydrogen-bond acceptors (Lipinski definition) is 4. The molecule has 2 aromatic rings. The van der Waals surface area contributed by atoms with Crippen molar-refractivity contribution in [1.82, 2.24) is 9.55 Å². The number of aromatic carboxylic acids is 1. The molecule has 132 valence electrons. The highest BCUT2D eigenvalue weighted by Crippen LogP contribution is 2.38. The van der Waals surface area contributed by atoms with Crippen LogP contribution in [0, 0.1) is 5.82 Å². The molecule has 25 heavy (non-hydrogen) atoms. The van der Waals surface area contributed by atoms with E-state index in [9.17, 15) is 19.1 Å². The number of rotatable bonds is 3. The zero-order valence-electron chi connectivity index (χ0n) is 13.7. The second-order valence-corrected chi connectivity index (χ2v) is 7.15. The average Bonchev–Trinajstić information content (AvgIpc) is 3.41. The molecular weight excluding hydrogens is 325 g/mol. The van der Waals surface area contributed by atoms with Gasteiger partial charge in [-0.2, -0.15) is 0 Å². The van der Waals surface area contributed by atoms with E-state index in [2.05, 4.69) is 4.98 Å². The molecule has 2 heterocycles. The lowest BCUT2D eigenvalue weighted by Crippen LogP contribution is -2.27. The normalized spacial score (nSPS) is 23.8. The molecule has 0 amide bonds. The zero-order chi connectivity index (χ0) is 17.7. The van der Waals surface area contributed by atoms with Crippen molar-refractivity contribution in [3.8, 4) is 0 Å². The van der Waals surface area contributed by atoms with E-state index in [0.29, 0.717) is 11.3 Å². The Balaban J connectivity index is 1.90. The summed E-state index contributed by atoms with van der Waals surface area (Å²) in [7, 11) is 0. The van der Waals surface area contributed by atoms with Gasteiger partial charge in [-0.25, -0.2) is 14.2 Å². The van der Waals surface area contributed by atoms with Gasteiger partial charge in [-0.05, 0) is 44.6 Å². The summed E-state index contributed by atoms with van der Waals surface area (Å²) in [5.41, 5.74) is 5.68. The maximum Gasteiger partial charge on any atom is 0.341 e. The highest BCUT2D eigenvalue weighted by Gasteiger charge is 2.30. The predicted octanol–water partition coefficient (Wildman–Crippen LogP) is 2.55. The van der Waals surface area contributed by atoms with Crippen molar-refractivity contribution in [3.63, 3.8) is 0 Å². The Labute approximate surface area is 143 Å². The fourth-order valence-electron chi connectivity index (χ4n) is 3.72. The molecule has 2 aliphatic carbocycles. The molecule has 0 saturated heterocycles. The van der Waals surface area contributed by atoms with Crippen LogP contribution in [0.1, 0.15) is 66.5 Å². The molecule has 2 aromatic heterocycles. The monoisotopic (exact) mass is 345 g/mol. The minimum absolute atomic E-state index is 0.00824. The van der Waals surface area contributed by atoms with Gasteiger partial charge in [-0.3, -0.25) is 4.79 Å². The number of nitrogens with two attached hydrogens (primary N) is 1. The summed E-state index contributed by atoms with van der Waals surface area (Å²) in [4.78, 5) is 28.3. The van der Waals surface area contributed by atoms with Gasteiger partial charge in [0.2, 0.25) is 5.43 Å². The Bertz CT molecular complexity index is 912. The lowest BCUT2D eigenvalue weighted by atomic mass is 9.84. The van der Waals surface area contributed by atoms with E-state index in [4.69, 9.17) is 5.73 Å². The Kier molecular flexibility index (Phi) is 3.83. The number of aromatic nitrogens is 2. The number of pyridine rings is 2. The van der Waals surface area contributed by atoms with Crippen LogP contribution >= 0.6 is 0 Å². The van der Waals surface area contributed by atoms with E-state index in [-0.39, 0.29) is 29.0 Å². The third-order valence-corrected chi connectivity index (χ3v) is 5.31. The van der Waals surface area contributed by atoms with E-state index in [1.807, 2.05) is 0 Å². The minimum atomic E-state index is -1.30. The molecule has 0 atom stereocenters. The Morgan fingerprint density at radius 3 is 2.52 bits per heavy atom. The highest BCUT2D eigenvalue weighted by atomic mass is 19.1. The van der Waals surface area contributed by atoms with Crippen LogP contribution in [0.25, 0.3) is 11.0 Å². The Morgan fingerprint density at radius 1 is 1.24 bits per heavy atom. The fraction of sp³-hybridized carbons (Fsp3) is 0.500. The van der Waals surface area contributed by atoms with Crippen molar-refractivity contribution in [2.75, 3.05) is 0 Å². The van der Waals surface area contributed by atoms with Gasteiger partial charge in [0.25, 0.3) is 0 Å². The topological polar surface area (TPSA) is 98.2 Å². The smallest absolute Gasteiger partial charge is 0.341 e. The summed E-state index contributed by atoms with van der Waals surface area (Å²) in [6.45, 7) is 0. The average molecular weight is 345 g/mol. The van der Waals surface area contributed by atoms with Gasteiger partial charge in [-0.1, -0.05) is 0 Å². The number of nitrogens with zero attached hydrogens (tertiary/aromatic N) is 2. The van der Waals surface area contributed by atoms with E-state index >= 15 is 0 Å². The Morgan fingerprint density at radius 2 is 1.92 bits per heavy atom. The number of carboxylic acid groups (broad SMARTS) is 1. The first-order chi connectivity index (χ1) is 12.0. The highest BCUT2D eigenvalue weighted by molar-refractivity contribution is 5.91. The molecule has 4 rings (SSSR count). The third kappa shape index (κ3) is 2.82. The number of halogens is 1. The van der Waals surface area contributed by atoms with E-state index in [1.165, 1.54) is 12.3 Å². The van der Waals surface area contributed by atoms with E-state index < -0.39 is 17.2 Å². The number of fused-ring (bicyclic) bond motifs is 1. The molecule has 2 fully saturated rings. The van der Waals surface area contributed by atoms with Crippen LogP contribution in [0.15, 0.2) is 17.1 Å². The molecule has 0 spiro atoms. The second kappa shape index (κ2) is 5.91. The zero-order valence-corrected chi connectivity index (χ0v) is 13.7. The summed E-state index contributed by atoms with van der Waals surface area (Å²) in [5.74, 6) is -1.84. The molecule has 0 radical (unpaired) electrons. The first-order valence-corrected chi connectivity index (χ1v) is 8.70. The molecule has 0 bridgehead atoms. The molecule has 2 saturated carbocycles. The molecule has 0 unspecified atom stereocenters. The standard InChI is InChI=1S/C18H20FN3O3/c19-14-7-12-16(23)13(18(24)25)8-22(11-5-6-11)17(12)21-15(14)9-1-3-10(20)4-2-9/h7-11H,1-6,20H2,(H,24,25). The van der Waals surface area contributed by atoms with Gasteiger partial charge in [0, 0.05) is 24.2 Å². The van der Waals surface area contributed by atoms with Gasteiger partial charge in [-0.15, -0.1) is 0 Å². The summed E-state index contributed by atoms with van der Waals surface area (Å²) < 4.78 is 16.4. The van der Waals surface area contributed by atoms with Gasteiger partial charge in [0.1, 0.15) is 17.0 Å².